The first-order valence-electron chi connectivity index (χ1n) is 7.00. The van der Waals surface area contributed by atoms with E-state index in [0.717, 1.165) is 11.4 Å². The summed E-state index contributed by atoms with van der Waals surface area (Å²) in [6.07, 6.45) is -0.318. The number of alkyl halides is 1. The Labute approximate surface area is 133 Å². The fourth-order valence-corrected chi connectivity index (χ4v) is 2.46. The molecule has 2 heterocycles. The molecule has 0 saturated carbocycles. The molecule has 1 atom stereocenters. The molecule has 1 aliphatic rings. The second-order valence-corrected chi connectivity index (χ2v) is 6.51. The number of rotatable bonds is 2. The smallest absolute Gasteiger partial charge is 0.411 e. The van der Waals surface area contributed by atoms with Crippen LogP contribution < -0.4 is 0 Å². The number of hydrogen-bond donors (Lipinski definition) is 0. The van der Waals surface area contributed by atoms with E-state index in [9.17, 15) is 4.79 Å². The molecular formula is C15H21BrN2O3. The van der Waals surface area contributed by atoms with Crippen LogP contribution >= 0.6 is 15.9 Å². The minimum absolute atomic E-state index is 0.201. The molecule has 0 bridgehead atoms. The Balaban J connectivity index is 2.20. The Bertz CT molecular complexity index is 502. The molecule has 5 nitrogen and oxygen atoms in total. The van der Waals surface area contributed by atoms with Crippen LogP contribution in [0.1, 0.15) is 38.2 Å². The summed E-state index contributed by atoms with van der Waals surface area (Å²) in [5.41, 5.74) is 1.25. The molecule has 0 aromatic carbocycles. The Morgan fingerprint density at radius 3 is 2.95 bits per heavy atom. The highest BCUT2D eigenvalue weighted by atomic mass is 79.9. The van der Waals surface area contributed by atoms with Gasteiger partial charge < -0.3 is 9.47 Å². The van der Waals surface area contributed by atoms with Crippen LogP contribution in [0.4, 0.5) is 4.79 Å². The topological polar surface area (TPSA) is 51.7 Å². The summed E-state index contributed by atoms with van der Waals surface area (Å²) in [6.45, 7) is 7.07. The predicted molar refractivity (Wildman–Crippen MR) is 83.4 cm³/mol. The number of aromatic nitrogens is 1. The van der Waals surface area contributed by atoms with Crippen molar-refractivity contribution in [1.29, 1.82) is 0 Å². The highest BCUT2D eigenvalue weighted by Crippen LogP contribution is 2.25. The van der Waals surface area contributed by atoms with E-state index in [-0.39, 0.29) is 12.1 Å². The fourth-order valence-electron chi connectivity index (χ4n) is 2.15. The van der Waals surface area contributed by atoms with Gasteiger partial charge in [-0.05, 0) is 32.9 Å². The molecule has 0 aliphatic carbocycles. The lowest BCUT2D eigenvalue weighted by Crippen LogP contribution is -2.46. The molecular weight excluding hydrogens is 336 g/mol. The second-order valence-electron chi connectivity index (χ2n) is 5.95. The van der Waals surface area contributed by atoms with Crippen molar-refractivity contribution >= 4 is 22.0 Å². The molecule has 1 aromatic heterocycles. The van der Waals surface area contributed by atoms with E-state index in [1.54, 1.807) is 4.90 Å². The van der Waals surface area contributed by atoms with Gasteiger partial charge in [0.2, 0.25) is 0 Å². The molecule has 0 spiro atoms. The molecule has 1 saturated heterocycles. The zero-order chi connectivity index (χ0) is 15.5. The van der Waals surface area contributed by atoms with Crippen LogP contribution in [-0.2, 0) is 14.8 Å². The van der Waals surface area contributed by atoms with Crippen LogP contribution in [0.5, 0.6) is 0 Å². The van der Waals surface area contributed by atoms with Crippen molar-refractivity contribution in [3.05, 3.63) is 29.6 Å². The zero-order valence-electron chi connectivity index (χ0n) is 12.6. The fraction of sp³-hybridized carbons (Fsp3) is 0.600. The maximum absolute atomic E-state index is 12.4. The van der Waals surface area contributed by atoms with Gasteiger partial charge in [-0.1, -0.05) is 22.0 Å². The average molecular weight is 357 g/mol. The largest absolute Gasteiger partial charge is 0.444 e. The predicted octanol–water partition coefficient (Wildman–Crippen LogP) is 3.28. The zero-order valence-corrected chi connectivity index (χ0v) is 14.2. The van der Waals surface area contributed by atoms with Gasteiger partial charge in [0.05, 0.1) is 24.6 Å². The van der Waals surface area contributed by atoms with Gasteiger partial charge >= 0.3 is 6.09 Å². The first kappa shape index (κ1) is 16.2. The summed E-state index contributed by atoms with van der Waals surface area (Å²) in [5, 5.41) is 0.681. The van der Waals surface area contributed by atoms with Crippen LogP contribution in [0.25, 0.3) is 0 Å². The van der Waals surface area contributed by atoms with E-state index in [1.807, 2.05) is 39.0 Å². The van der Waals surface area contributed by atoms with E-state index >= 15 is 0 Å². The van der Waals surface area contributed by atoms with Gasteiger partial charge in [0.1, 0.15) is 11.6 Å². The van der Waals surface area contributed by atoms with Gasteiger partial charge in [-0.3, -0.25) is 9.88 Å². The third kappa shape index (κ3) is 4.41. The first-order valence-corrected chi connectivity index (χ1v) is 8.12. The van der Waals surface area contributed by atoms with Crippen molar-refractivity contribution in [2.75, 3.05) is 19.8 Å². The normalized spacial score (nSPS) is 19.4. The van der Waals surface area contributed by atoms with Crippen molar-refractivity contribution in [2.24, 2.45) is 0 Å². The molecule has 1 aromatic rings. The Kier molecular flexibility index (Phi) is 5.22. The molecule has 0 radical (unpaired) electrons. The highest BCUT2D eigenvalue weighted by Gasteiger charge is 2.32. The molecule has 1 unspecified atom stereocenters. The number of carbonyl (C=O) groups is 1. The van der Waals surface area contributed by atoms with Crippen molar-refractivity contribution in [1.82, 2.24) is 9.88 Å². The summed E-state index contributed by atoms with van der Waals surface area (Å²) in [5.74, 6) is 0. The van der Waals surface area contributed by atoms with Gasteiger partial charge in [0.15, 0.2) is 0 Å². The van der Waals surface area contributed by atoms with Crippen molar-refractivity contribution in [2.45, 2.75) is 37.7 Å². The lowest BCUT2D eigenvalue weighted by molar-refractivity contribution is -0.0340. The molecule has 1 aliphatic heterocycles. The number of amides is 1. The molecule has 2 rings (SSSR count). The lowest BCUT2D eigenvalue weighted by Gasteiger charge is -2.36. The molecule has 1 fully saturated rings. The molecule has 0 N–H and O–H groups in total. The minimum atomic E-state index is -0.509. The monoisotopic (exact) mass is 356 g/mol. The number of ether oxygens (including phenoxy) is 2. The number of carbonyl (C=O) groups excluding carboxylic acids is 1. The van der Waals surface area contributed by atoms with E-state index in [0.29, 0.717) is 25.1 Å². The number of morpholine rings is 1. The van der Waals surface area contributed by atoms with Crippen molar-refractivity contribution in [3.63, 3.8) is 0 Å². The second kappa shape index (κ2) is 6.75. The first-order chi connectivity index (χ1) is 9.90. The van der Waals surface area contributed by atoms with Gasteiger partial charge in [-0.2, -0.15) is 0 Å². The third-order valence-corrected chi connectivity index (χ3v) is 3.64. The van der Waals surface area contributed by atoms with Gasteiger partial charge in [-0.25, -0.2) is 4.79 Å². The van der Waals surface area contributed by atoms with Crippen LogP contribution in [0.3, 0.4) is 0 Å². The maximum atomic E-state index is 12.4. The van der Waals surface area contributed by atoms with Crippen LogP contribution in [-0.4, -0.2) is 41.3 Å². The van der Waals surface area contributed by atoms with Gasteiger partial charge in [0.25, 0.3) is 0 Å². The lowest BCUT2D eigenvalue weighted by atomic mass is 10.1. The SMILES string of the molecule is CC(C)(C)OC(=O)N1CCOCC1c1cccc(CBr)n1. The maximum Gasteiger partial charge on any atom is 0.411 e. The van der Waals surface area contributed by atoms with Crippen LogP contribution in [0.15, 0.2) is 18.2 Å². The van der Waals surface area contributed by atoms with E-state index < -0.39 is 5.60 Å². The Morgan fingerprint density at radius 2 is 2.29 bits per heavy atom. The quantitative estimate of drug-likeness (QED) is 0.763. The molecule has 116 valence electrons. The van der Waals surface area contributed by atoms with Crippen LogP contribution in [0, 0.1) is 0 Å². The molecule has 1 amide bonds. The number of hydrogen-bond acceptors (Lipinski definition) is 4. The Morgan fingerprint density at radius 1 is 1.52 bits per heavy atom. The van der Waals surface area contributed by atoms with E-state index in [1.165, 1.54) is 0 Å². The Hall–Kier alpha value is -1.14. The standard InChI is InChI=1S/C15H21BrN2O3/c1-15(2,3)21-14(19)18-7-8-20-10-13(18)12-6-4-5-11(9-16)17-12/h4-6,13H,7-10H2,1-3H3. The number of halogens is 1. The molecule has 21 heavy (non-hydrogen) atoms. The average Bonchev–Trinajstić information content (AvgIpc) is 2.45. The van der Waals surface area contributed by atoms with Crippen molar-refractivity contribution in [3.8, 4) is 0 Å². The third-order valence-electron chi connectivity index (χ3n) is 3.06. The summed E-state index contributed by atoms with van der Waals surface area (Å²) < 4.78 is 11.0. The number of nitrogens with zero attached hydrogens (tertiary/aromatic N) is 2. The summed E-state index contributed by atoms with van der Waals surface area (Å²) in [7, 11) is 0. The molecule has 6 heteroatoms. The minimum Gasteiger partial charge on any atom is -0.444 e. The van der Waals surface area contributed by atoms with Gasteiger partial charge in [-0.15, -0.1) is 0 Å². The number of pyridine rings is 1. The summed E-state index contributed by atoms with van der Waals surface area (Å²) in [6, 6.07) is 5.61. The van der Waals surface area contributed by atoms with Gasteiger partial charge in [0, 0.05) is 11.9 Å². The van der Waals surface area contributed by atoms with Crippen molar-refractivity contribution < 1.29 is 14.3 Å². The highest BCUT2D eigenvalue weighted by molar-refractivity contribution is 9.08. The van der Waals surface area contributed by atoms with Crippen LogP contribution in [0.2, 0.25) is 0 Å². The summed E-state index contributed by atoms with van der Waals surface area (Å²) in [4.78, 5) is 18.6. The van der Waals surface area contributed by atoms with E-state index in [4.69, 9.17) is 9.47 Å². The van der Waals surface area contributed by atoms with E-state index in [2.05, 4.69) is 20.9 Å². The summed E-state index contributed by atoms with van der Waals surface area (Å²) >= 11 is 3.40.